The molecule has 9 aromatic rings. The number of rotatable bonds is 15. The van der Waals surface area contributed by atoms with E-state index in [1.807, 2.05) is 20.3 Å². The first kappa shape index (κ1) is 65.7. The van der Waals surface area contributed by atoms with Gasteiger partial charge in [-0.3, -0.25) is 52.7 Å². The van der Waals surface area contributed by atoms with Crippen LogP contribution in [-0.4, -0.2) is 186 Å². The molecule has 6 saturated heterocycles. The number of hydrogen-bond acceptors (Lipinski definition) is 16. The van der Waals surface area contributed by atoms with Crippen LogP contribution in [0.3, 0.4) is 0 Å². The summed E-state index contributed by atoms with van der Waals surface area (Å²) in [5.74, 6) is 3.59. The highest BCUT2D eigenvalue weighted by molar-refractivity contribution is 5.61. The maximum atomic E-state index is 14.6. The van der Waals surface area contributed by atoms with Crippen molar-refractivity contribution in [2.24, 2.45) is 0 Å². The number of piperazine rings is 3. The maximum Gasteiger partial charge on any atom is 0.573 e. The third kappa shape index (κ3) is 13.1. The second-order valence-corrected chi connectivity index (χ2v) is 28.8. The van der Waals surface area contributed by atoms with Crippen molar-refractivity contribution in [1.29, 1.82) is 0 Å². The van der Waals surface area contributed by atoms with Crippen LogP contribution in [0.2, 0.25) is 0 Å². The molecule has 0 unspecified atom stereocenters. The maximum absolute atomic E-state index is 14.6. The van der Waals surface area contributed by atoms with Gasteiger partial charge in [-0.25, -0.2) is 15.0 Å². The van der Waals surface area contributed by atoms with Gasteiger partial charge in [0.2, 0.25) is 0 Å². The van der Waals surface area contributed by atoms with E-state index in [-0.39, 0.29) is 41.3 Å². The van der Waals surface area contributed by atoms with Crippen LogP contribution in [0.15, 0.2) is 116 Å². The molecule has 1 saturated carbocycles. The molecule has 19 nitrogen and oxygen atoms in total. The Morgan fingerprint density at radius 3 is 1.39 bits per heavy atom. The Labute approximate surface area is 573 Å². The van der Waals surface area contributed by atoms with Gasteiger partial charge in [0.1, 0.15) is 34.4 Å². The van der Waals surface area contributed by atoms with Crippen LogP contribution in [0, 0.1) is 0 Å². The van der Waals surface area contributed by atoms with E-state index in [0.717, 1.165) is 192 Å². The highest BCUT2D eigenvalue weighted by Gasteiger charge is 2.43. The molecule has 6 aliphatic heterocycles. The molecular formula is C74H88F6N18O. The monoisotopic (exact) mass is 1360 g/mol. The fourth-order valence-corrected chi connectivity index (χ4v) is 17.2. The van der Waals surface area contributed by atoms with E-state index in [0.29, 0.717) is 31.8 Å². The molecule has 0 bridgehead atoms. The summed E-state index contributed by atoms with van der Waals surface area (Å²) in [6, 6.07) is 24.2. The molecule has 0 spiro atoms. The van der Waals surface area contributed by atoms with E-state index in [1.54, 1.807) is 0 Å². The number of pyridine rings is 6. The number of anilines is 3. The topological polar surface area (TPSA) is 129 Å². The fourth-order valence-electron chi connectivity index (χ4n) is 17.2. The minimum Gasteiger partial charge on any atom is -0.404 e. The zero-order chi connectivity index (χ0) is 67.8. The van der Waals surface area contributed by atoms with Gasteiger partial charge in [-0.1, -0.05) is 24.3 Å². The van der Waals surface area contributed by atoms with Crippen molar-refractivity contribution in [3.8, 4) is 5.75 Å². The number of imidazole rings is 3. The van der Waals surface area contributed by atoms with Crippen LogP contribution in [-0.2, 0) is 19.3 Å². The van der Waals surface area contributed by atoms with Crippen molar-refractivity contribution in [3.63, 3.8) is 0 Å². The van der Waals surface area contributed by atoms with Crippen molar-refractivity contribution in [1.82, 2.24) is 72.5 Å². The van der Waals surface area contributed by atoms with Crippen molar-refractivity contribution in [2.75, 3.05) is 121 Å². The number of fused-ring (bicyclic) bond motifs is 3. The molecule has 0 aromatic carbocycles. The third-order valence-electron chi connectivity index (χ3n) is 22.7. The predicted octanol–water partition coefficient (Wildman–Crippen LogP) is 12.7. The summed E-state index contributed by atoms with van der Waals surface area (Å²) < 4.78 is 96.2. The van der Waals surface area contributed by atoms with Crippen molar-refractivity contribution in [3.05, 3.63) is 172 Å². The minimum atomic E-state index is -4.85. The van der Waals surface area contributed by atoms with Gasteiger partial charge in [0.15, 0.2) is 5.75 Å². The van der Waals surface area contributed by atoms with Crippen LogP contribution in [0.5, 0.6) is 5.75 Å². The number of aromatic nitrogens is 9. The lowest BCUT2D eigenvalue weighted by Crippen LogP contribution is -2.47. The number of nitrogens with zero attached hydrogens (tertiary/aromatic N) is 18. The van der Waals surface area contributed by atoms with Crippen molar-refractivity contribution >= 4 is 34.4 Å². The predicted molar refractivity (Wildman–Crippen MR) is 368 cm³/mol. The van der Waals surface area contributed by atoms with Gasteiger partial charge in [-0.05, 0) is 165 Å². The highest BCUT2D eigenvalue weighted by Crippen LogP contribution is 2.49. The quantitative estimate of drug-likeness (QED) is 0.0902. The number of ether oxygens (including phenoxy) is 1. The molecule has 7 fully saturated rings. The highest BCUT2D eigenvalue weighted by atomic mass is 19.4. The molecule has 522 valence electrons. The Morgan fingerprint density at radius 1 is 0.424 bits per heavy atom. The van der Waals surface area contributed by atoms with Gasteiger partial charge in [0, 0.05) is 140 Å². The van der Waals surface area contributed by atoms with Crippen molar-refractivity contribution < 1.29 is 31.1 Å². The average molecular weight is 1360 g/mol. The number of likely N-dealkylation sites (tertiary alicyclic amines) is 3. The summed E-state index contributed by atoms with van der Waals surface area (Å²) >= 11 is 0. The molecule has 16 rings (SSSR count). The minimum absolute atomic E-state index is 0.0594. The van der Waals surface area contributed by atoms with Gasteiger partial charge in [0.05, 0.1) is 76.0 Å². The van der Waals surface area contributed by atoms with Crippen LogP contribution in [0.1, 0.15) is 169 Å². The molecule has 0 radical (unpaired) electrons. The zero-order valence-electron chi connectivity index (χ0n) is 56.9. The normalized spacial score (nSPS) is 24.3. The van der Waals surface area contributed by atoms with Gasteiger partial charge < -0.3 is 24.3 Å². The van der Waals surface area contributed by atoms with Crippen LogP contribution in [0.25, 0.3) is 16.9 Å². The molecule has 25 heteroatoms. The lowest BCUT2D eigenvalue weighted by atomic mass is 9.90. The largest absolute Gasteiger partial charge is 0.573 e. The molecule has 15 heterocycles. The molecule has 1 aliphatic carbocycles. The average Bonchev–Trinajstić information content (AvgIpc) is 1.70. The Morgan fingerprint density at radius 2 is 0.869 bits per heavy atom. The van der Waals surface area contributed by atoms with E-state index >= 15 is 0 Å². The number of likely N-dealkylation sites (N-methyl/N-ethyl adjacent to an activating group) is 1. The number of halogens is 6. The Kier molecular flexibility index (Phi) is 17.8. The van der Waals surface area contributed by atoms with E-state index in [2.05, 4.69) is 159 Å². The lowest BCUT2D eigenvalue weighted by molar-refractivity contribution is -0.275. The Bertz CT molecular complexity index is 4350. The number of hydrogen-bond donors (Lipinski definition) is 0. The van der Waals surface area contributed by atoms with Crippen LogP contribution < -0.4 is 19.4 Å². The standard InChI is InChI=1S/C74H88F6N18O/c1-87-32-38-93(39-33-87)66-27-25-50(71-86-56(48-97(66)71)59-16-7-19-62(90(59)4)70-63(20-11-31-83-70)99-74(78,79)80)45-92-36-42-95(43-37-92)67-28-26-51(72-85-55(47-98(67)72)58-15-6-18-61(89(58)3)69-53(73(75,76)77)13-10-30-82-69)44-91-34-40-94(41-35-91)65-22-8-21-64-84-54(46-96(64)65)57-14-5-17-60(88(57)2)68-52(49-23-24-49)12-9-29-81-68/h8-13,20-22,25-31,46-49,57-62H,5-7,14-19,23-24,32-45H2,1-4H3/t57-,58-,59-,60+,61+,62+/m1/s1. The first-order valence-corrected chi connectivity index (χ1v) is 35.7. The van der Waals surface area contributed by atoms with E-state index < -0.39 is 30.2 Å². The molecule has 6 atom stereocenters. The molecule has 9 aromatic heterocycles. The molecule has 0 N–H and O–H groups in total. The summed E-state index contributed by atoms with van der Waals surface area (Å²) in [7, 11) is 8.29. The van der Waals surface area contributed by atoms with E-state index in [1.165, 1.54) is 54.7 Å². The smallest absolute Gasteiger partial charge is 0.404 e. The van der Waals surface area contributed by atoms with Crippen molar-refractivity contribution in [2.45, 2.75) is 138 Å². The van der Waals surface area contributed by atoms with Gasteiger partial charge in [-0.2, -0.15) is 13.2 Å². The summed E-state index contributed by atoms with van der Waals surface area (Å²) in [5, 5.41) is 0. The van der Waals surface area contributed by atoms with E-state index in [9.17, 15) is 26.3 Å². The van der Waals surface area contributed by atoms with Gasteiger partial charge in [-0.15, -0.1) is 13.2 Å². The zero-order valence-corrected chi connectivity index (χ0v) is 56.9. The first-order valence-electron chi connectivity index (χ1n) is 35.7. The number of piperidine rings is 3. The molecule has 0 amide bonds. The first-order chi connectivity index (χ1) is 48.0. The van der Waals surface area contributed by atoms with Crippen LogP contribution >= 0.6 is 0 Å². The summed E-state index contributed by atoms with van der Waals surface area (Å²) in [6.07, 6.45) is 12.1. The second-order valence-electron chi connectivity index (χ2n) is 28.8. The second kappa shape index (κ2) is 26.9. The fraction of sp³-hybridized carbons (Fsp3) is 0.514. The summed E-state index contributed by atoms with van der Waals surface area (Å²) in [4.78, 5) is 51.5. The van der Waals surface area contributed by atoms with Gasteiger partial charge in [0.25, 0.3) is 0 Å². The Hall–Kier alpha value is -7.94. The summed E-state index contributed by atoms with van der Waals surface area (Å²) in [6.45, 7) is 11.3. The molecule has 99 heavy (non-hydrogen) atoms. The van der Waals surface area contributed by atoms with E-state index in [4.69, 9.17) is 19.9 Å². The molecular weight excluding hydrogens is 1270 g/mol. The molecule has 7 aliphatic rings. The third-order valence-corrected chi connectivity index (χ3v) is 22.7. The summed E-state index contributed by atoms with van der Waals surface area (Å²) in [5.41, 5.74) is 9.99. The van der Waals surface area contributed by atoms with Crippen LogP contribution in [0.4, 0.5) is 43.8 Å². The lowest BCUT2D eigenvalue weighted by Gasteiger charge is -2.39. The Balaban J connectivity index is 0.650. The van der Waals surface area contributed by atoms with Gasteiger partial charge >= 0.3 is 12.5 Å². The number of alkyl halides is 6. The SMILES string of the molecule is CN1CCN(c2ccc(CN3CCN(c4ccc(CN5CCN(c6cccc7nc([C@H]8CCC[C@@H](c9ncccc9C9CC9)N8C)cn67)CC5)c5nc([C@H]6CCC[C@@H](c7ncccc7C(F)(F)F)N6C)cn45)CC3)c3nc([C@H]4CCC[C@@H](c5ncccc5OC(F)(F)F)N4C)cn23)CC1.